The first-order chi connectivity index (χ1) is 9.11. The van der Waals surface area contributed by atoms with E-state index in [1.54, 1.807) is 11.8 Å². The molecule has 1 amide bonds. The molecule has 1 aromatic carbocycles. The molecule has 0 aromatic heterocycles. The number of carbonyl (C=O) groups is 1. The summed E-state index contributed by atoms with van der Waals surface area (Å²) in [5.41, 5.74) is 0.348. The number of nitrogens with zero attached hydrogens (tertiary/aromatic N) is 1. The van der Waals surface area contributed by atoms with Gasteiger partial charge in [0.1, 0.15) is 5.75 Å². The number of carbonyl (C=O) groups excluding carboxylic acids is 1. The summed E-state index contributed by atoms with van der Waals surface area (Å²) in [6.45, 7) is 0. The Bertz CT molecular complexity index is 503. The van der Waals surface area contributed by atoms with Crippen molar-refractivity contribution in [1.82, 2.24) is 5.32 Å². The van der Waals surface area contributed by atoms with Crippen LogP contribution in [0.25, 0.3) is 0 Å². The number of anilines is 1. The van der Waals surface area contributed by atoms with Crippen LogP contribution in [-0.4, -0.2) is 35.6 Å². The van der Waals surface area contributed by atoms with E-state index in [2.05, 4.69) is 10.6 Å². The largest absolute Gasteiger partial charge is 0.494 e. The highest BCUT2D eigenvalue weighted by Gasteiger charge is 2.23. The Morgan fingerprint density at radius 2 is 2.42 bits per heavy atom. The summed E-state index contributed by atoms with van der Waals surface area (Å²) in [6, 6.07) is 3.84. The Labute approximate surface area is 113 Å². The van der Waals surface area contributed by atoms with Crippen LogP contribution in [0.1, 0.15) is 0 Å². The molecule has 1 aromatic rings. The fourth-order valence-corrected chi connectivity index (χ4v) is 2.62. The maximum atomic E-state index is 11.9. The van der Waals surface area contributed by atoms with Crippen LogP contribution in [0.3, 0.4) is 0 Å². The smallest absolute Gasteiger partial charge is 0.273 e. The number of non-ortho nitro benzene ring substituents is 1. The molecule has 1 saturated heterocycles. The molecule has 1 fully saturated rings. The second-order valence-corrected chi connectivity index (χ2v) is 4.93. The quantitative estimate of drug-likeness (QED) is 0.637. The van der Waals surface area contributed by atoms with Crippen LogP contribution in [0.15, 0.2) is 18.2 Å². The van der Waals surface area contributed by atoms with E-state index in [9.17, 15) is 14.9 Å². The third-order valence-electron chi connectivity index (χ3n) is 2.69. The molecule has 1 unspecified atom stereocenters. The average Bonchev–Trinajstić information content (AvgIpc) is 2.92. The van der Waals surface area contributed by atoms with Crippen LogP contribution in [0.4, 0.5) is 11.4 Å². The van der Waals surface area contributed by atoms with Crippen molar-refractivity contribution >= 4 is 29.0 Å². The van der Waals surface area contributed by atoms with E-state index in [1.165, 1.54) is 25.3 Å². The number of rotatable bonds is 4. The Balaban J connectivity index is 2.15. The molecule has 8 heteroatoms. The minimum Gasteiger partial charge on any atom is -0.494 e. The molecule has 1 heterocycles. The molecule has 1 aliphatic heterocycles. The highest BCUT2D eigenvalue weighted by molar-refractivity contribution is 7.99. The van der Waals surface area contributed by atoms with Gasteiger partial charge in [0.15, 0.2) is 0 Å². The van der Waals surface area contributed by atoms with E-state index in [4.69, 9.17) is 4.74 Å². The van der Waals surface area contributed by atoms with Crippen molar-refractivity contribution in [1.29, 1.82) is 0 Å². The van der Waals surface area contributed by atoms with Gasteiger partial charge in [0.2, 0.25) is 5.91 Å². The van der Waals surface area contributed by atoms with Crippen LogP contribution in [0.5, 0.6) is 5.75 Å². The van der Waals surface area contributed by atoms with Crippen LogP contribution >= 0.6 is 11.8 Å². The van der Waals surface area contributed by atoms with Crippen molar-refractivity contribution in [3.05, 3.63) is 28.3 Å². The summed E-state index contributed by atoms with van der Waals surface area (Å²) in [6.07, 6.45) is 0. The number of ether oxygens (including phenoxy) is 1. The molecule has 2 N–H and O–H groups in total. The van der Waals surface area contributed by atoms with Gasteiger partial charge in [0, 0.05) is 17.7 Å². The molecule has 1 aliphatic rings. The first-order valence-corrected chi connectivity index (χ1v) is 6.71. The lowest BCUT2D eigenvalue weighted by Crippen LogP contribution is -2.37. The summed E-state index contributed by atoms with van der Waals surface area (Å²) in [7, 11) is 1.40. The molecule has 0 bridgehead atoms. The van der Waals surface area contributed by atoms with E-state index in [1.807, 2.05) is 0 Å². The first kappa shape index (κ1) is 13.6. The Morgan fingerprint density at radius 3 is 3.00 bits per heavy atom. The van der Waals surface area contributed by atoms with Gasteiger partial charge in [-0.15, -0.1) is 11.8 Å². The van der Waals surface area contributed by atoms with Gasteiger partial charge in [-0.3, -0.25) is 20.2 Å². The van der Waals surface area contributed by atoms with Crippen molar-refractivity contribution in [2.45, 2.75) is 6.04 Å². The zero-order valence-electron chi connectivity index (χ0n) is 10.2. The predicted molar refractivity (Wildman–Crippen MR) is 72.5 cm³/mol. The Hall–Kier alpha value is -1.80. The number of thioether (sulfide) groups is 1. The third kappa shape index (κ3) is 3.15. The van der Waals surface area contributed by atoms with E-state index < -0.39 is 4.92 Å². The number of nitro groups is 1. The van der Waals surface area contributed by atoms with Crippen LogP contribution in [0, 0.1) is 10.1 Å². The first-order valence-electron chi connectivity index (χ1n) is 5.56. The maximum absolute atomic E-state index is 11.9. The van der Waals surface area contributed by atoms with Crippen molar-refractivity contribution in [3.63, 3.8) is 0 Å². The van der Waals surface area contributed by atoms with E-state index in [0.29, 0.717) is 11.4 Å². The van der Waals surface area contributed by atoms with Gasteiger partial charge in [0.05, 0.1) is 29.8 Å². The average molecular weight is 283 g/mol. The van der Waals surface area contributed by atoms with E-state index in [-0.39, 0.29) is 23.4 Å². The van der Waals surface area contributed by atoms with Gasteiger partial charge in [-0.05, 0) is 6.07 Å². The fraction of sp³-hybridized carbons (Fsp3) is 0.364. The number of amides is 1. The van der Waals surface area contributed by atoms with E-state index in [0.717, 1.165) is 5.88 Å². The van der Waals surface area contributed by atoms with Crippen molar-refractivity contribution in [3.8, 4) is 5.75 Å². The SMILES string of the molecule is COc1cc([N+](=O)[O-])ccc1NC(=O)C1CSCN1. The fourth-order valence-electron chi connectivity index (χ4n) is 1.68. The Kier molecular flexibility index (Phi) is 4.23. The topological polar surface area (TPSA) is 93.5 Å². The van der Waals surface area contributed by atoms with Gasteiger partial charge in [-0.2, -0.15) is 0 Å². The molecule has 102 valence electrons. The van der Waals surface area contributed by atoms with Crippen molar-refractivity contribution < 1.29 is 14.5 Å². The van der Waals surface area contributed by atoms with Crippen LogP contribution in [0.2, 0.25) is 0 Å². The molecule has 0 spiro atoms. The molecule has 2 rings (SSSR count). The molecule has 1 atom stereocenters. The number of hydrogen-bond acceptors (Lipinski definition) is 6. The zero-order valence-corrected chi connectivity index (χ0v) is 11.0. The summed E-state index contributed by atoms with van der Waals surface area (Å²) in [5.74, 6) is 1.56. The predicted octanol–water partition coefficient (Wildman–Crippen LogP) is 1.20. The highest BCUT2D eigenvalue weighted by Crippen LogP contribution is 2.29. The molecule has 0 aliphatic carbocycles. The van der Waals surface area contributed by atoms with Crippen LogP contribution < -0.4 is 15.4 Å². The van der Waals surface area contributed by atoms with Crippen LogP contribution in [-0.2, 0) is 4.79 Å². The highest BCUT2D eigenvalue weighted by atomic mass is 32.2. The summed E-state index contributed by atoms with van der Waals surface area (Å²) < 4.78 is 5.05. The molecule has 0 radical (unpaired) electrons. The van der Waals surface area contributed by atoms with Gasteiger partial charge < -0.3 is 10.1 Å². The number of benzene rings is 1. The second-order valence-electron chi connectivity index (χ2n) is 3.90. The molecule has 7 nitrogen and oxygen atoms in total. The maximum Gasteiger partial charge on any atom is 0.273 e. The lowest BCUT2D eigenvalue weighted by molar-refractivity contribution is -0.384. The minimum absolute atomic E-state index is 0.0793. The van der Waals surface area contributed by atoms with E-state index >= 15 is 0 Å². The zero-order chi connectivity index (χ0) is 13.8. The lowest BCUT2D eigenvalue weighted by atomic mass is 10.2. The number of nitro benzene ring substituents is 1. The third-order valence-corrected chi connectivity index (χ3v) is 3.63. The summed E-state index contributed by atoms with van der Waals surface area (Å²) >= 11 is 1.64. The monoisotopic (exact) mass is 283 g/mol. The summed E-state index contributed by atoms with van der Waals surface area (Å²) in [4.78, 5) is 22.1. The normalized spacial score (nSPS) is 18.1. The number of hydrogen-bond donors (Lipinski definition) is 2. The van der Waals surface area contributed by atoms with Gasteiger partial charge >= 0.3 is 0 Å². The van der Waals surface area contributed by atoms with Gasteiger partial charge in [0.25, 0.3) is 5.69 Å². The van der Waals surface area contributed by atoms with Gasteiger partial charge in [-0.1, -0.05) is 0 Å². The minimum atomic E-state index is -0.511. The molecule has 19 heavy (non-hydrogen) atoms. The Morgan fingerprint density at radius 1 is 1.63 bits per heavy atom. The standard InChI is InChI=1S/C11H13N3O4S/c1-18-10-4-7(14(16)17)2-3-8(10)13-11(15)9-5-19-6-12-9/h2-4,9,12H,5-6H2,1H3,(H,13,15). The van der Waals surface area contributed by atoms with Crippen molar-refractivity contribution in [2.24, 2.45) is 0 Å². The van der Waals surface area contributed by atoms with Gasteiger partial charge in [-0.25, -0.2) is 0 Å². The molecule has 0 saturated carbocycles. The molecular formula is C11H13N3O4S. The lowest BCUT2D eigenvalue weighted by Gasteiger charge is -2.13. The number of nitrogens with one attached hydrogen (secondary N) is 2. The number of methoxy groups -OCH3 is 1. The van der Waals surface area contributed by atoms with Crippen molar-refractivity contribution in [2.75, 3.05) is 24.1 Å². The second kappa shape index (κ2) is 5.89. The summed E-state index contributed by atoms with van der Waals surface area (Å²) in [5, 5.41) is 16.4. The molecular weight excluding hydrogens is 270 g/mol.